The van der Waals surface area contributed by atoms with Gasteiger partial charge >= 0.3 is 5.97 Å². The maximum atomic E-state index is 12.9. The molecule has 1 aliphatic rings. The summed E-state index contributed by atoms with van der Waals surface area (Å²) < 4.78 is 7.46. The van der Waals surface area contributed by atoms with E-state index in [9.17, 15) is 29.7 Å². The normalized spacial score (nSPS) is 16.7. The number of carbonyl (C=O) groups is 3. The summed E-state index contributed by atoms with van der Waals surface area (Å²) >= 11 is 0. The summed E-state index contributed by atoms with van der Waals surface area (Å²) in [6.45, 7) is 1.62. The number of aliphatic hydroxyl groups is 2. The number of aliphatic carboxylic acids is 1. The molecule has 2 aromatic carbocycles. The van der Waals surface area contributed by atoms with Crippen LogP contribution in [0.2, 0.25) is 0 Å². The van der Waals surface area contributed by atoms with Gasteiger partial charge in [-0.3, -0.25) is 9.59 Å². The van der Waals surface area contributed by atoms with Crippen LogP contribution in [-0.4, -0.2) is 56.2 Å². The largest absolute Gasteiger partial charge is 0.478 e. The molecular weight excluding hydrogens is 416 g/mol. The van der Waals surface area contributed by atoms with E-state index in [-0.39, 0.29) is 23.3 Å². The number of nitrogens with two attached hydrogens (primary N) is 1. The summed E-state index contributed by atoms with van der Waals surface area (Å²) in [6, 6.07) is 11.0. The highest BCUT2D eigenvalue weighted by atomic mass is 16.5. The second-order valence-corrected chi connectivity index (χ2v) is 7.77. The van der Waals surface area contributed by atoms with Crippen molar-refractivity contribution < 1.29 is 34.4 Å². The van der Waals surface area contributed by atoms with Crippen LogP contribution in [0.15, 0.2) is 36.4 Å². The van der Waals surface area contributed by atoms with Crippen LogP contribution in [0.1, 0.15) is 27.2 Å². The smallest absolute Gasteiger partial charge is 0.353 e. The highest BCUT2D eigenvalue weighted by Crippen LogP contribution is 2.43. The van der Waals surface area contributed by atoms with Gasteiger partial charge in [0.15, 0.2) is 0 Å². The molecule has 0 saturated heterocycles. The van der Waals surface area contributed by atoms with Crippen LogP contribution in [-0.2, 0) is 22.6 Å². The number of hydrogen-bond acceptors (Lipinski definition) is 7. The summed E-state index contributed by atoms with van der Waals surface area (Å²) in [6.07, 6.45) is -3.50. The van der Waals surface area contributed by atoms with Crippen molar-refractivity contribution in [2.75, 3.05) is 12.3 Å². The molecule has 5 N–H and O–H groups in total. The van der Waals surface area contributed by atoms with Gasteiger partial charge in [0.2, 0.25) is 5.78 Å². The summed E-state index contributed by atoms with van der Waals surface area (Å²) in [5.41, 5.74) is 8.91. The monoisotopic (exact) mass is 438 g/mol. The fourth-order valence-corrected chi connectivity index (χ4v) is 4.06. The first-order valence-electron chi connectivity index (χ1n) is 9.99. The molecule has 0 amide bonds. The minimum Gasteiger partial charge on any atom is -0.478 e. The number of benzene rings is 2. The standard InChI is InChI=1S/C23H22N2O7/c1-11-18(24)17-16(25(11)9-12-5-3-2-4-6-12)8-14-15(7-13(27)10-26)21(17)32-22(23(30)31)20(29)19(14)28/h2-6,8,13,22,26-27H,7,9-10,24H2,1H3,(H,30,31). The van der Waals surface area contributed by atoms with Crippen molar-refractivity contribution in [3.63, 3.8) is 0 Å². The number of hydrogen-bond donors (Lipinski definition) is 4. The molecule has 2 bridgehead atoms. The number of aromatic nitrogens is 1. The van der Waals surface area contributed by atoms with E-state index in [0.717, 1.165) is 5.56 Å². The minimum atomic E-state index is -2.03. The molecular formula is C23H22N2O7. The molecule has 2 atom stereocenters. The van der Waals surface area contributed by atoms with Crippen LogP contribution >= 0.6 is 0 Å². The molecule has 32 heavy (non-hydrogen) atoms. The van der Waals surface area contributed by atoms with E-state index in [1.165, 1.54) is 6.07 Å². The lowest BCUT2D eigenvalue weighted by Crippen LogP contribution is -2.38. The predicted octanol–water partition coefficient (Wildman–Crippen LogP) is 1.07. The molecule has 2 heterocycles. The minimum absolute atomic E-state index is 0.0380. The fourth-order valence-electron chi connectivity index (χ4n) is 4.06. The summed E-state index contributed by atoms with van der Waals surface area (Å²) in [4.78, 5) is 37.2. The third-order valence-electron chi connectivity index (χ3n) is 5.72. The van der Waals surface area contributed by atoms with Crippen LogP contribution in [0.5, 0.6) is 5.75 Å². The van der Waals surface area contributed by atoms with Gasteiger partial charge in [-0.25, -0.2) is 4.79 Å². The van der Waals surface area contributed by atoms with Gasteiger partial charge in [0.25, 0.3) is 11.9 Å². The Bertz CT molecular complexity index is 1250. The molecule has 0 radical (unpaired) electrons. The number of carboxylic acids is 1. The van der Waals surface area contributed by atoms with E-state index in [4.69, 9.17) is 10.5 Å². The van der Waals surface area contributed by atoms with E-state index < -0.39 is 36.4 Å². The third kappa shape index (κ3) is 3.41. The Morgan fingerprint density at radius 3 is 2.56 bits per heavy atom. The van der Waals surface area contributed by atoms with Crippen molar-refractivity contribution in [2.45, 2.75) is 32.1 Å². The van der Waals surface area contributed by atoms with Crippen molar-refractivity contribution in [3.05, 3.63) is 58.8 Å². The van der Waals surface area contributed by atoms with Crippen LogP contribution < -0.4 is 10.5 Å². The Morgan fingerprint density at radius 1 is 1.25 bits per heavy atom. The topological polar surface area (TPSA) is 152 Å². The zero-order chi connectivity index (χ0) is 23.2. The van der Waals surface area contributed by atoms with Gasteiger partial charge in [0.1, 0.15) is 5.75 Å². The predicted molar refractivity (Wildman–Crippen MR) is 115 cm³/mol. The Kier molecular flexibility index (Phi) is 5.45. The first-order valence-corrected chi connectivity index (χ1v) is 9.99. The number of rotatable bonds is 6. The average molecular weight is 438 g/mol. The molecule has 4 rings (SSSR count). The van der Waals surface area contributed by atoms with Crippen molar-refractivity contribution in [1.82, 2.24) is 4.57 Å². The van der Waals surface area contributed by atoms with Crippen LogP contribution in [0.3, 0.4) is 0 Å². The lowest BCUT2D eigenvalue weighted by molar-refractivity contribution is -0.148. The molecule has 166 valence electrons. The molecule has 0 spiro atoms. The maximum Gasteiger partial charge on any atom is 0.353 e. The molecule has 1 aliphatic heterocycles. The van der Waals surface area contributed by atoms with Crippen molar-refractivity contribution in [1.29, 1.82) is 0 Å². The van der Waals surface area contributed by atoms with Gasteiger partial charge in [0.05, 0.1) is 29.3 Å². The van der Waals surface area contributed by atoms with Crippen molar-refractivity contribution in [3.8, 4) is 5.75 Å². The van der Waals surface area contributed by atoms with E-state index in [1.807, 2.05) is 34.9 Å². The Morgan fingerprint density at radius 2 is 1.94 bits per heavy atom. The zero-order valence-electron chi connectivity index (χ0n) is 17.2. The Labute approximate surface area is 182 Å². The first-order chi connectivity index (χ1) is 15.2. The van der Waals surface area contributed by atoms with Crippen LogP contribution in [0.4, 0.5) is 5.69 Å². The summed E-state index contributed by atoms with van der Waals surface area (Å²) in [5, 5.41) is 29.2. The van der Waals surface area contributed by atoms with Gasteiger partial charge in [-0.05, 0) is 18.6 Å². The number of anilines is 1. The second kappa shape index (κ2) is 8.10. The summed E-state index contributed by atoms with van der Waals surface area (Å²) in [7, 11) is 0. The number of ketones is 2. The van der Waals surface area contributed by atoms with E-state index in [1.54, 1.807) is 6.92 Å². The fraction of sp³-hybridized carbons (Fsp3) is 0.261. The van der Waals surface area contributed by atoms with Crippen molar-refractivity contribution in [2.24, 2.45) is 0 Å². The highest BCUT2D eigenvalue weighted by molar-refractivity contribution is 6.49. The molecule has 0 aliphatic carbocycles. The van der Waals surface area contributed by atoms with Crippen LogP contribution in [0.25, 0.3) is 10.9 Å². The Hall–Kier alpha value is -3.69. The number of fused-ring (bicyclic) bond motifs is 4. The van der Waals surface area contributed by atoms with E-state index in [0.29, 0.717) is 28.8 Å². The zero-order valence-corrected chi connectivity index (χ0v) is 17.2. The number of Topliss-reactive ketones (excluding diaryl/α,β-unsaturated/α-hetero) is 2. The quantitative estimate of drug-likeness (QED) is 0.329. The van der Waals surface area contributed by atoms with Gasteiger partial charge in [-0.2, -0.15) is 0 Å². The Balaban J connectivity index is 2.03. The maximum absolute atomic E-state index is 12.9. The van der Waals surface area contributed by atoms with Gasteiger partial charge in [-0.1, -0.05) is 30.3 Å². The number of nitrogens with zero attached hydrogens (tertiary/aromatic N) is 1. The second-order valence-electron chi connectivity index (χ2n) is 7.77. The third-order valence-corrected chi connectivity index (χ3v) is 5.72. The van der Waals surface area contributed by atoms with E-state index >= 15 is 0 Å². The van der Waals surface area contributed by atoms with E-state index in [2.05, 4.69) is 0 Å². The molecule has 1 aromatic heterocycles. The van der Waals surface area contributed by atoms with Gasteiger partial charge in [-0.15, -0.1) is 0 Å². The molecule has 2 unspecified atom stereocenters. The number of aliphatic hydroxyl groups excluding tert-OH is 2. The SMILES string of the molecule is Cc1c(N)c2c3c(CC(O)CO)c(cc2n1Cc1ccccc1)C(=O)C(=O)C(C(=O)O)O3. The van der Waals surface area contributed by atoms with Crippen LogP contribution in [0, 0.1) is 6.92 Å². The molecule has 3 aromatic rings. The molecule has 9 nitrogen and oxygen atoms in total. The summed E-state index contributed by atoms with van der Waals surface area (Å²) in [5.74, 6) is -3.89. The molecule has 0 saturated carbocycles. The highest BCUT2D eigenvalue weighted by Gasteiger charge is 2.41. The van der Waals surface area contributed by atoms with Gasteiger partial charge < -0.3 is 30.4 Å². The average Bonchev–Trinajstić information content (AvgIpc) is 2.98. The van der Waals surface area contributed by atoms with Crippen molar-refractivity contribution >= 4 is 34.1 Å². The first kappa shape index (κ1) is 21.5. The number of nitrogen functional groups attached to an aromatic ring is 1. The van der Waals surface area contributed by atoms with Gasteiger partial charge in [0, 0.05) is 29.8 Å². The number of ether oxygens (including phenoxy) is 1. The number of carboxylic acid groups (broad SMARTS) is 1. The molecule has 0 fully saturated rings. The lowest BCUT2D eigenvalue weighted by Gasteiger charge is -2.17. The molecule has 9 heteroatoms. The number of carbonyl (C=O) groups excluding carboxylic acids is 2. The lowest BCUT2D eigenvalue weighted by atomic mass is 9.94.